The minimum absolute atomic E-state index is 0.799. The van der Waals surface area contributed by atoms with Gasteiger partial charge in [-0.1, -0.05) is 27.2 Å². The summed E-state index contributed by atoms with van der Waals surface area (Å²) in [5.74, 6) is 8.01. The number of fused-ring (bicyclic) bond motifs is 1. The van der Waals surface area contributed by atoms with Crippen molar-refractivity contribution < 1.29 is 0 Å². The standard InChI is InChI=1S/C17H26/c1-4-9-5-11-12(6-9)15-16(2)8-10-7-13(16)14(11)17(10,15)3/h9-15H,4-8H2,1-3H3. The number of hydrogen-bond acceptors (Lipinski definition) is 0. The van der Waals surface area contributed by atoms with Gasteiger partial charge in [0.1, 0.15) is 0 Å². The van der Waals surface area contributed by atoms with Crippen LogP contribution in [0.1, 0.15) is 52.9 Å². The Hall–Kier alpha value is 0. The molecule has 94 valence electrons. The van der Waals surface area contributed by atoms with Gasteiger partial charge < -0.3 is 0 Å². The van der Waals surface area contributed by atoms with Gasteiger partial charge in [-0.2, -0.15) is 0 Å². The molecule has 17 heavy (non-hydrogen) atoms. The van der Waals surface area contributed by atoms with E-state index in [0.717, 1.165) is 46.3 Å². The summed E-state index contributed by atoms with van der Waals surface area (Å²) in [6.45, 7) is 7.82. The first-order valence-electron chi connectivity index (χ1n) is 8.10. The number of hydrogen-bond donors (Lipinski definition) is 0. The lowest BCUT2D eigenvalue weighted by atomic mass is 9.62. The second kappa shape index (κ2) is 2.49. The Kier molecular flexibility index (Phi) is 1.45. The molecule has 6 fully saturated rings. The molecule has 9 atom stereocenters. The summed E-state index contributed by atoms with van der Waals surface area (Å²) in [6, 6.07) is 0. The van der Waals surface area contributed by atoms with Gasteiger partial charge in [-0.05, 0) is 77.9 Å². The van der Waals surface area contributed by atoms with E-state index in [9.17, 15) is 0 Å². The molecule has 0 nitrogen and oxygen atoms in total. The molecule has 0 aliphatic heterocycles. The maximum atomic E-state index is 2.71. The lowest BCUT2D eigenvalue weighted by Crippen LogP contribution is -2.37. The molecule has 0 saturated heterocycles. The van der Waals surface area contributed by atoms with Crippen molar-refractivity contribution in [2.45, 2.75) is 52.9 Å². The molecule has 0 N–H and O–H groups in total. The van der Waals surface area contributed by atoms with E-state index in [1.807, 2.05) is 0 Å². The number of rotatable bonds is 1. The van der Waals surface area contributed by atoms with Crippen LogP contribution < -0.4 is 0 Å². The predicted octanol–water partition coefficient (Wildman–Crippen LogP) is 4.35. The summed E-state index contributed by atoms with van der Waals surface area (Å²) in [6.07, 6.45) is 7.89. The van der Waals surface area contributed by atoms with Crippen molar-refractivity contribution in [2.75, 3.05) is 0 Å². The summed E-state index contributed by atoms with van der Waals surface area (Å²) < 4.78 is 0. The van der Waals surface area contributed by atoms with Crippen LogP contribution in [-0.4, -0.2) is 0 Å². The van der Waals surface area contributed by atoms with Gasteiger partial charge in [0.25, 0.3) is 0 Å². The van der Waals surface area contributed by atoms with Crippen molar-refractivity contribution in [3.63, 3.8) is 0 Å². The highest BCUT2D eigenvalue weighted by Gasteiger charge is 2.83. The lowest BCUT2D eigenvalue weighted by Gasteiger charge is -2.42. The first kappa shape index (κ1) is 9.87. The summed E-state index contributed by atoms with van der Waals surface area (Å²) in [4.78, 5) is 0. The normalized spacial score (nSPS) is 73.9. The fourth-order valence-electron chi connectivity index (χ4n) is 8.66. The van der Waals surface area contributed by atoms with Crippen LogP contribution >= 0.6 is 0 Å². The first-order chi connectivity index (χ1) is 8.10. The Morgan fingerprint density at radius 1 is 1.06 bits per heavy atom. The van der Waals surface area contributed by atoms with Gasteiger partial charge in [0, 0.05) is 0 Å². The SMILES string of the molecule is CCC1CC2C(C1)C1C3(C)CC4CC3C2C41C. The highest BCUT2D eigenvalue weighted by atomic mass is 14.9. The van der Waals surface area contributed by atoms with Crippen LogP contribution in [0.5, 0.6) is 0 Å². The minimum atomic E-state index is 0.799. The average Bonchev–Trinajstić information content (AvgIpc) is 2.96. The summed E-state index contributed by atoms with van der Waals surface area (Å²) in [5, 5.41) is 0. The van der Waals surface area contributed by atoms with Crippen molar-refractivity contribution in [3.8, 4) is 0 Å². The minimum Gasteiger partial charge on any atom is -0.0651 e. The first-order valence-corrected chi connectivity index (χ1v) is 8.10. The molecule has 6 aliphatic rings. The zero-order valence-electron chi connectivity index (χ0n) is 11.6. The molecule has 0 aromatic rings. The zero-order chi connectivity index (χ0) is 11.6. The lowest BCUT2D eigenvalue weighted by molar-refractivity contribution is 0.0557. The highest BCUT2D eigenvalue weighted by molar-refractivity contribution is 5.31. The van der Waals surface area contributed by atoms with E-state index in [0.29, 0.717) is 0 Å². The van der Waals surface area contributed by atoms with E-state index >= 15 is 0 Å². The summed E-state index contributed by atoms with van der Waals surface area (Å²) >= 11 is 0. The van der Waals surface area contributed by atoms with Gasteiger partial charge in [0.15, 0.2) is 0 Å². The van der Waals surface area contributed by atoms with E-state index in [4.69, 9.17) is 0 Å². The molecule has 6 aliphatic carbocycles. The smallest absolute Gasteiger partial charge is 0.0227 e. The molecule has 6 saturated carbocycles. The largest absolute Gasteiger partial charge is 0.0651 e. The Balaban J connectivity index is 1.63. The van der Waals surface area contributed by atoms with Crippen LogP contribution in [0.25, 0.3) is 0 Å². The van der Waals surface area contributed by atoms with Crippen LogP contribution in [0.2, 0.25) is 0 Å². The highest BCUT2D eigenvalue weighted by Crippen LogP contribution is 2.89. The molecular formula is C17H26. The van der Waals surface area contributed by atoms with Gasteiger partial charge >= 0.3 is 0 Å². The van der Waals surface area contributed by atoms with Gasteiger partial charge in [-0.15, -0.1) is 0 Å². The molecule has 0 amide bonds. The van der Waals surface area contributed by atoms with Crippen LogP contribution in [0.4, 0.5) is 0 Å². The van der Waals surface area contributed by atoms with E-state index in [1.54, 1.807) is 25.7 Å². The average molecular weight is 230 g/mol. The molecule has 0 radical (unpaired) electrons. The molecule has 6 rings (SSSR count). The van der Waals surface area contributed by atoms with E-state index in [2.05, 4.69) is 20.8 Å². The molecule has 0 aromatic carbocycles. The van der Waals surface area contributed by atoms with Crippen molar-refractivity contribution in [1.82, 2.24) is 0 Å². The monoisotopic (exact) mass is 230 g/mol. The van der Waals surface area contributed by atoms with Crippen LogP contribution in [0.15, 0.2) is 0 Å². The van der Waals surface area contributed by atoms with E-state index in [1.165, 1.54) is 12.3 Å². The van der Waals surface area contributed by atoms with Gasteiger partial charge in [-0.3, -0.25) is 0 Å². The maximum absolute atomic E-state index is 2.71. The Labute approximate surface area is 106 Å². The summed E-state index contributed by atoms with van der Waals surface area (Å²) in [5.41, 5.74) is 1.61. The van der Waals surface area contributed by atoms with Crippen LogP contribution in [0, 0.1) is 52.3 Å². The Bertz CT molecular complexity index is 399. The molecule has 0 aromatic heterocycles. The van der Waals surface area contributed by atoms with Crippen molar-refractivity contribution in [1.29, 1.82) is 0 Å². The van der Waals surface area contributed by atoms with Crippen molar-refractivity contribution in [3.05, 3.63) is 0 Å². The molecule has 6 bridgehead atoms. The second-order valence-corrected chi connectivity index (χ2v) is 8.69. The van der Waals surface area contributed by atoms with Crippen LogP contribution in [0.3, 0.4) is 0 Å². The summed E-state index contributed by atoms with van der Waals surface area (Å²) in [7, 11) is 0. The Morgan fingerprint density at radius 3 is 2.59 bits per heavy atom. The third-order valence-corrected chi connectivity index (χ3v) is 8.71. The maximum Gasteiger partial charge on any atom is -0.0227 e. The predicted molar refractivity (Wildman–Crippen MR) is 69.4 cm³/mol. The van der Waals surface area contributed by atoms with E-state index < -0.39 is 0 Å². The fourth-order valence-corrected chi connectivity index (χ4v) is 8.66. The van der Waals surface area contributed by atoms with Gasteiger partial charge in [-0.25, -0.2) is 0 Å². The molecule has 0 heteroatoms. The Morgan fingerprint density at radius 2 is 1.82 bits per heavy atom. The molecular weight excluding hydrogens is 204 g/mol. The topological polar surface area (TPSA) is 0 Å². The third-order valence-electron chi connectivity index (χ3n) is 8.71. The van der Waals surface area contributed by atoms with Crippen LogP contribution in [-0.2, 0) is 0 Å². The quantitative estimate of drug-likeness (QED) is 0.628. The van der Waals surface area contributed by atoms with Crippen molar-refractivity contribution in [2.24, 2.45) is 52.3 Å². The third kappa shape index (κ3) is 0.742. The molecule has 0 heterocycles. The van der Waals surface area contributed by atoms with Gasteiger partial charge in [0.2, 0.25) is 0 Å². The van der Waals surface area contributed by atoms with E-state index in [-0.39, 0.29) is 0 Å². The van der Waals surface area contributed by atoms with Gasteiger partial charge in [0.05, 0.1) is 0 Å². The molecule has 0 spiro atoms. The molecule has 9 unspecified atom stereocenters. The zero-order valence-corrected chi connectivity index (χ0v) is 11.6. The van der Waals surface area contributed by atoms with Crippen molar-refractivity contribution >= 4 is 0 Å². The fraction of sp³-hybridized carbons (Fsp3) is 1.00. The second-order valence-electron chi connectivity index (χ2n) is 8.69.